The van der Waals surface area contributed by atoms with Crippen molar-refractivity contribution in [1.29, 1.82) is 0 Å². The lowest BCUT2D eigenvalue weighted by Crippen LogP contribution is -2.41. The van der Waals surface area contributed by atoms with Gasteiger partial charge in [-0.1, -0.05) is 5.16 Å². The van der Waals surface area contributed by atoms with Crippen molar-refractivity contribution >= 4 is 29.2 Å². The van der Waals surface area contributed by atoms with Crippen molar-refractivity contribution in [3.8, 4) is 11.5 Å². The van der Waals surface area contributed by atoms with Gasteiger partial charge in [-0.25, -0.2) is 4.79 Å². The minimum atomic E-state index is -0.441. The van der Waals surface area contributed by atoms with Gasteiger partial charge < -0.3 is 19.0 Å². The predicted molar refractivity (Wildman–Crippen MR) is 128 cm³/mol. The fourth-order valence-corrected chi connectivity index (χ4v) is 6.57. The third kappa shape index (κ3) is 3.08. The zero-order valence-electron chi connectivity index (χ0n) is 20.2. The SMILES string of the molecule is CCOC(=O)c1ccc(N2C(=O)[C@H]3[C@@H]4C[C@@H]([C@H]5C(c6ccc(OC)cc6OC)=NO[C@H]45)[C@@H]3C2=O)cc1. The Morgan fingerprint density at radius 1 is 1.00 bits per heavy atom. The van der Waals surface area contributed by atoms with Crippen LogP contribution in [-0.4, -0.2) is 50.4 Å². The quantitative estimate of drug-likeness (QED) is 0.453. The molecule has 2 bridgehead atoms. The molecule has 2 aromatic rings. The van der Waals surface area contributed by atoms with Crippen LogP contribution in [0.25, 0.3) is 0 Å². The third-order valence-electron chi connectivity index (χ3n) is 8.01. The van der Waals surface area contributed by atoms with Crippen LogP contribution in [-0.2, 0) is 19.2 Å². The molecular weight excluding hydrogens is 464 g/mol. The maximum absolute atomic E-state index is 13.6. The number of carbonyl (C=O) groups is 3. The minimum absolute atomic E-state index is 0.0571. The van der Waals surface area contributed by atoms with Crippen molar-refractivity contribution < 1.29 is 33.4 Å². The van der Waals surface area contributed by atoms with Crippen LogP contribution in [0.15, 0.2) is 47.6 Å². The van der Waals surface area contributed by atoms with Crippen molar-refractivity contribution in [2.24, 2.45) is 34.7 Å². The number of carbonyl (C=O) groups excluding carboxylic acids is 3. The lowest BCUT2D eigenvalue weighted by molar-refractivity contribution is -0.125. The second-order valence-electron chi connectivity index (χ2n) is 9.53. The second kappa shape index (κ2) is 8.36. The number of imide groups is 1. The monoisotopic (exact) mass is 490 g/mol. The summed E-state index contributed by atoms with van der Waals surface area (Å²) in [4.78, 5) is 46.3. The molecule has 6 atom stereocenters. The predicted octanol–water partition coefficient (Wildman–Crippen LogP) is 3.06. The molecular formula is C27H26N2O7. The number of hydrogen-bond donors (Lipinski definition) is 0. The Balaban J connectivity index is 1.29. The summed E-state index contributed by atoms with van der Waals surface area (Å²) in [7, 11) is 3.18. The molecule has 3 fully saturated rings. The first kappa shape index (κ1) is 22.6. The van der Waals surface area contributed by atoms with E-state index in [4.69, 9.17) is 19.0 Å². The molecule has 2 aliphatic carbocycles. The van der Waals surface area contributed by atoms with Gasteiger partial charge in [0, 0.05) is 23.5 Å². The van der Waals surface area contributed by atoms with Gasteiger partial charge in [-0.3, -0.25) is 14.5 Å². The molecule has 0 unspecified atom stereocenters. The molecule has 2 aliphatic heterocycles. The summed E-state index contributed by atoms with van der Waals surface area (Å²) < 4.78 is 15.9. The van der Waals surface area contributed by atoms with Crippen LogP contribution in [0, 0.1) is 29.6 Å². The van der Waals surface area contributed by atoms with E-state index in [1.807, 2.05) is 12.1 Å². The average Bonchev–Trinajstić information content (AvgIpc) is 3.64. The second-order valence-corrected chi connectivity index (χ2v) is 9.53. The van der Waals surface area contributed by atoms with Crippen molar-refractivity contribution in [3.63, 3.8) is 0 Å². The standard InChI is InChI=1S/C27H26N2O7/c1-4-35-27(32)13-5-7-14(8-6-13)29-25(30)20-17-12-18(21(20)26(29)31)24-22(17)23(28-36-24)16-10-9-15(33-2)11-19(16)34-3/h5-11,17-18,20-22,24H,4,12H2,1-3H3/t17-,18+,20+,21+,22+,24-/m1/s1. The molecule has 0 N–H and O–H groups in total. The fraction of sp³-hybridized carbons (Fsp3) is 0.407. The molecule has 2 amide bonds. The van der Waals surface area contributed by atoms with Crippen molar-refractivity contribution in [3.05, 3.63) is 53.6 Å². The molecule has 2 heterocycles. The lowest BCUT2D eigenvalue weighted by atomic mass is 9.71. The average molecular weight is 491 g/mol. The molecule has 9 nitrogen and oxygen atoms in total. The van der Waals surface area contributed by atoms with Crippen molar-refractivity contribution in [2.75, 3.05) is 25.7 Å². The number of ether oxygens (including phenoxy) is 3. The Bertz CT molecular complexity index is 1290. The normalized spacial score (nSPS) is 29.5. The molecule has 0 radical (unpaired) electrons. The number of oxime groups is 1. The first-order chi connectivity index (χ1) is 17.5. The number of amides is 2. The topological polar surface area (TPSA) is 104 Å². The highest BCUT2D eigenvalue weighted by molar-refractivity contribution is 6.23. The summed E-state index contributed by atoms with van der Waals surface area (Å²) in [5.41, 5.74) is 2.39. The van der Waals surface area contributed by atoms with Gasteiger partial charge in [0.1, 0.15) is 17.6 Å². The van der Waals surface area contributed by atoms with E-state index in [0.29, 0.717) is 22.7 Å². The summed E-state index contributed by atoms with van der Waals surface area (Å²) in [5, 5.41) is 4.41. The summed E-state index contributed by atoms with van der Waals surface area (Å²) in [6, 6.07) is 11.9. The van der Waals surface area contributed by atoms with E-state index >= 15 is 0 Å². The summed E-state index contributed by atoms with van der Waals surface area (Å²) in [5.74, 6) is -0.661. The molecule has 2 aromatic carbocycles. The van der Waals surface area contributed by atoms with Crippen LogP contribution >= 0.6 is 0 Å². The molecule has 6 rings (SSSR count). The van der Waals surface area contributed by atoms with Gasteiger partial charge in [0.15, 0.2) is 0 Å². The zero-order chi connectivity index (χ0) is 25.1. The van der Waals surface area contributed by atoms with Gasteiger partial charge in [0.2, 0.25) is 11.8 Å². The Kier molecular flexibility index (Phi) is 5.24. The highest BCUT2D eigenvalue weighted by atomic mass is 16.6. The van der Waals surface area contributed by atoms with Gasteiger partial charge >= 0.3 is 5.97 Å². The number of esters is 1. The van der Waals surface area contributed by atoms with E-state index in [1.54, 1.807) is 51.5 Å². The number of methoxy groups -OCH3 is 2. The van der Waals surface area contributed by atoms with Gasteiger partial charge in [0.25, 0.3) is 0 Å². The smallest absolute Gasteiger partial charge is 0.338 e. The summed E-state index contributed by atoms with van der Waals surface area (Å²) in [6.45, 7) is 2.01. The number of benzene rings is 2. The number of fused-ring (bicyclic) bond motifs is 8. The lowest BCUT2D eigenvalue weighted by Gasteiger charge is -2.30. The molecule has 2 saturated carbocycles. The molecule has 0 spiro atoms. The van der Waals surface area contributed by atoms with Crippen molar-refractivity contribution in [1.82, 2.24) is 0 Å². The van der Waals surface area contributed by atoms with E-state index in [9.17, 15) is 14.4 Å². The van der Waals surface area contributed by atoms with E-state index in [0.717, 1.165) is 17.7 Å². The maximum atomic E-state index is 13.6. The van der Waals surface area contributed by atoms with E-state index in [1.165, 1.54) is 4.90 Å². The summed E-state index contributed by atoms with van der Waals surface area (Å²) >= 11 is 0. The minimum Gasteiger partial charge on any atom is -0.497 e. The van der Waals surface area contributed by atoms with Crippen LogP contribution in [0.5, 0.6) is 11.5 Å². The highest BCUT2D eigenvalue weighted by Gasteiger charge is 2.70. The molecule has 36 heavy (non-hydrogen) atoms. The van der Waals surface area contributed by atoms with E-state index in [2.05, 4.69) is 5.16 Å². The van der Waals surface area contributed by atoms with Crippen LogP contribution in [0.1, 0.15) is 29.3 Å². The number of rotatable bonds is 6. The van der Waals surface area contributed by atoms with Gasteiger partial charge in [-0.2, -0.15) is 0 Å². The van der Waals surface area contributed by atoms with E-state index in [-0.39, 0.29) is 42.3 Å². The molecule has 0 aromatic heterocycles. The van der Waals surface area contributed by atoms with Gasteiger partial charge in [-0.15, -0.1) is 0 Å². The number of nitrogens with zero attached hydrogens (tertiary/aromatic N) is 2. The highest BCUT2D eigenvalue weighted by Crippen LogP contribution is 2.62. The molecule has 186 valence electrons. The maximum Gasteiger partial charge on any atom is 0.338 e. The van der Waals surface area contributed by atoms with Crippen LogP contribution in [0.4, 0.5) is 5.69 Å². The number of anilines is 1. The Morgan fingerprint density at radius 2 is 1.72 bits per heavy atom. The Hall–Kier alpha value is -3.88. The molecule has 9 heteroatoms. The first-order valence-electron chi connectivity index (χ1n) is 12.1. The molecule has 4 aliphatic rings. The molecule has 1 saturated heterocycles. The Labute approximate surface area is 207 Å². The Morgan fingerprint density at radius 3 is 2.39 bits per heavy atom. The number of hydrogen-bond acceptors (Lipinski definition) is 8. The summed E-state index contributed by atoms with van der Waals surface area (Å²) in [6.07, 6.45) is 0.496. The van der Waals surface area contributed by atoms with E-state index < -0.39 is 17.8 Å². The van der Waals surface area contributed by atoms with Crippen molar-refractivity contribution in [2.45, 2.75) is 19.4 Å². The fourth-order valence-electron chi connectivity index (χ4n) is 6.57. The largest absolute Gasteiger partial charge is 0.497 e. The van der Waals surface area contributed by atoms with Crippen LogP contribution < -0.4 is 14.4 Å². The first-order valence-corrected chi connectivity index (χ1v) is 12.1. The van der Waals surface area contributed by atoms with Gasteiger partial charge in [-0.05, 0) is 55.7 Å². The zero-order valence-corrected chi connectivity index (χ0v) is 20.2. The van der Waals surface area contributed by atoms with Crippen LogP contribution in [0.2, 0.25) is 0 Å². The third-order valence-corrected chi connectivity index (χ3v) is 8.01. The van der Waals surface area contributed by atoms with Crippen LogP contribution in [0.3, 0.4) is 0 Å². The van der Waals surface area contributed by atoms with Gasteiger partial charge in [0.05, 0.1) is 49.6 Å².